The highest BCUT2D eigenvalue weighted by Crippen LogP contribution is 2.57. The molecule has 4 aliphatic carbocycles. The quantitative estimate of drug-likeness (QED) is 0.565. The summed E-state index contributed by atoms with van der Waals surface area (Å²) < 4.78 is 12.4. The van der Waals surface area contributed by atoms with E-state index in [1.807, 2.05) is 0 Å². The second-order valence-corrected chi connectivity index (χ2v) is 11.1. The number of hydrogen-bond acceptors (Lipinski definition) is 3. The number of rotatable bonds is 6. The minimum Gasteiger partial charge on any atom is -0.462 e. The first-order valence-electron chi connectivity index (χ1n) is 11.7. The summed E-state index contributed by atoms with van der Waals surface area (Å²) in [5.41, 5.74) is 0. The average Bonchev–Trinajstić information content (AvgIpc) is 2.56. The van der Waals surface area contributed by atoms with E-state index in [4.69, 9.17) is 9.47 Å². The van der Waals surface area contributed by atoms with Crippen LogP contribution in [0.4, 0.5) is 0 Å². The summed E-state index contributed by atoms with van der Waals surface area (Å²) in [5.74, 6) is 5.33. The topological polar surface area (TPSA) is 35.5 Å². The summed E-state index contributed by atoms with van der Waals surface area (Å²) in [6.45, 7) is 8.93. The van der Waals surface area contributed by atoms with Gasteiger partial charge in [-0.25, -0.2) is 0 Å². The van der Waals surface area contributed by atoms with Gasteiger partial charge in [-0.2, -0.15) is 0 Å². The van der Waals surface area contributed by atoms with Crippen LogP contribution in [0.2, 0.25) is 0 Å². The Morgan fingerprint density at radius 3 is 2.11 bits per heavy atom. The lowest BCUT2D eigenvalue weighted by atomic mass is 9.51. The lowest BCUT2D eigenvalue weighted by molar-refractivity contribution is -0.170. The van der Waals surface area contributed by atoms with E-state index in [9.17, 15) is 4.79 Å². The third-order valence-corrected chi connectivity index (χ3v) is 7.99. The maximum absolute atomic E-state index is 12.8. The summed E-state index contributed by atoms with van der Waals surface area (Å²) in [4.78, 5) is 12.8. The Bertz CT molecular complexity index is 498. The number of esters is 1. The molecule has 0 aromatic rings. The second kappa shape index (κ2) is 8.05. The van der Waals surface area contributed by atoms with Crippen LogP contribution in [0.3, 0.4) is 0 Å². The highest BCUT2D eigenvalue weighted by Gasteiger charge is 2.48. The van der Waals surface area contributed by atoms with Gasteiger partial charge in [-0.05, 0) is 80.0 Å². The van der Waals surface area contributed by atoms with Crippen molar-refractivity contribution in [3.63, 3.8) is 0 Å². The Hall–Kier alpha value is -0.570. The van der Waals surface area contributed by atoms with E-state index in [0.29, 0.717) is 24.2 Å². The van der Waals surface area contributed by atoms with E-state index in [2.05, 4.69) is 27.7 Å². The van der Waals surface area contributed by atoms with Crippen molar-refractivity contribution in [2.75, 3.05) is 0 Å². The van der Waals surface area contributed by atoms with Gasteiger partial charge in [-0.1, -0.05) is 27.7 Å². The molecular weight excluding hydrogens is 336 g/mol. The number of ether oxygens (including phenoxy) is 2. The van der Waals surface area contributed by atoms with Gasteiger partial charge < -0.3 is 9.47 Å². The molecule has 5 rings (SSSR count). The monoisotopic (exact) mass is 376 g/mol. The van der Waals surface area contributed by atoms with Crippen LogP contribution >= 0.6 is 0 Å². The minimum atomic E-state index is 0.0548. The van der Waals surface area contributed by atoms with Gasteiger partial charge in [0, 0.05) is 19.3 Å². The SMILES string of the molecule is CC(C)C[C@@H]1C[C@H](OC(=O)CC2C3CC4CC(C3)CC2C4)C[C@H](C(C)C)O1. The minimum absolute atomic E-state index is 0.0548. The maximum Gasteiger partial charge on any atom is 0.306 e. The zero-order valence-corrected chi connectivity index (χ0v) is 17.9. The van der Waals surface area contributed by atoms with Crippen molar-refractivity contribution in [2.24, 2.45) is 41.4 Å². The molecule has 0 aromatic heterocycles. The standard InChI is InChI=1S/C24H40O3/c1-14(2)5-20-11-21(12-23(26-20)15(3)4)27-24(25)13-22-18-7-16-6-17(9-18)10-19(22)8-16/h14-23H,5-13H2,1-4H3/t16?,17?,18?,19?,20-,21+,22?,23-/m1/s1. The molecule has 3 heteroatoms. The molecule has 0 aromatic carbocycles. The Morgan fingerprint density at radius 2 is 1.56 bits per heavy atom. The van der Waals surface area contributed by atoms with Crippen LogP contribution in [0.5, 0.6) is 0 Å². The summed E-state index contributed by atoms with van der Waals surface area (Å²) in [5, 5.41) is 0. The summed E-state index contributed by atoms with van der Waals surface area (Å²) in [7, 11) is 0. The Labute approximate surface area is 165 Å². The van der Waals surface area contributed by atoms with E-state index >= 15 is 0 Å². The second-order valence-electron chi connectivity index (χ2n) is 11.1. The molecule has 5 fully saturated rings. The van der Waals surface area contributed by atoms with Crippen molar-refractivity contribution >= 4 is 5.97 Å². The van der Waals surface area contributed by atoms with E-state index < -0.39 is 0 Å². The molecule has 0 spiro atoms. The largest absolute Gasteiger partial charge is 0.462 e. The van der Waals surface area contributed by atoms with Gasteiger partial charge in [-0.3, -0.25) is 4.79 Å². The molecule has 154 valence electrons. The van der Waals surface area contributed by atoms with Crippen LogP contribution in [0.1, 0.15) is 85.5 Å². The molecule has 4 bridgehead atoms. The third-order valence-electron chi connectivity index (χ3n) is 7.99. The van der Waals surface area contributed by atoms with Crippen LogP contribution in [0.15, 0.2) is 0 Å². The highest BCUT2D eigenvalue weighted by molar-refractivity contribution is 5.70. The number of hydrogen-bond donors (Lipinski definition) is 0. The first-order valence-corrected chi connectivity index (χ1v) is 11.7. The molecule has 1 heterocycles. The molecule has 4 saturated carbocycles. The Kier molecular flexibility index (Phi) is 5.88. The van der Waals surface area contributed by atoms with Crippen LogP contribution in [-0.4, -0.2) is 24.3 Å². The predicted octanol–water partition coefficient (Wildman–Crippen LogP) is 5.61. The van der Waals surface area contributed by atoms with Crippen LogP contribution in [0.25, 0.3) is 0 Å². The molecule has 1 saturated heterocycles. The molecule has 1 aliphatic heterocycles. The first-order chi connectivity index (χ1) is 12.9. The zero-order chi connectivity index (χ0) is 19.1. The van der Waals surface area contributed by atoms with Crippen molar-refractivity contribution in [1.29, 1.82) is 0 Å². The normalized spacial score (nSPS) is 43.5. The molecule has 0 N–H and O–H groups in total. The summed E-state index contributed by atoms with van der Waals surface area (Å²) >= 11 is 0. The lowest BCUT2D eigenvalue weighted by Crippen LogP contribution is -2.46. The fourth-order valence-corrected chi connectivity index (χ4v) is 7.01. The van der Waals surface area contributed by atoms with Gasteiger partial charge in [0.2, 0.25) is 0 Å². The van der Waals surface area contributed by atoms with Gasteiger partial charge in [0.05, 0.1) is 12.2 Å². The van der Waals surface area contributed by atoms with E-state index in [-0.39, 0.29) is 24.3 Å². The van der Waals surface area contributed by atoms with Crippen molar-refractivity contribution in [3.05, 3.63) is 0 Å². The smallest absolute Gasteiger partial charge is 0.306 e. The molecule has 3 atom stereocenters. The zero-order valence-electron chi connectivity index (χ0n) is 17.9. The van der Waals surface area contributed by atoms with Crippen LogP contribution in [-0.2, 0) is 14.3 Å². The maximum atomic E-state index is 12.8. The first kappa shape index (κ1) is 19.7. The fraction of sp³-hybridized carbons (Fsp3) is 0.958. The average molecular weight is 377 g/mol. The van der Waals surface area contributed by atoms with Gasteiger partial charge in [0.25, 0.3) is 0 Å². The summed E-state index contributed by atoms with van der Waals surface area (Å²) in [6, 6.07) is 0. The molecule has 0 radical (unpaired) electrons. The summed E-state index contributed by atoms with van der Waals surface area (Å²) in [6.07, 6.45) is 11.0. The van der Waals surface area contributed by atoms with Gasteiger partial charge >= 0.3 is 5.97 Å². The molecule has 5 aliphatic rings. The van der Waals surface area contributed by atoms with Crippen molar-refractivity contribution in [1.82, 2.24) is 0 Å². The van der Waals surface area contributed by atoms with Crippen molar-refractivity contribution < 1.29 is 14.3 Å². The van der Waals surface area contributed by atoms with Crippen molar-refractivity contribution in [3.8, 4) is 0 Å². The lowest BCUT2D eigenvalue weighted by Gasteiger charge is -2.54. The number of carbonyl (C=O) groups excluding carboxylic acids is 1. The molecule has 0 amide bonds. The highest BCUT2D eigenvalue weighted by atomic mass is 16.6. The number of carbonyl (C=O) groups is 1. The Morgan fingerprint density at radius 1 is 0.926 bits per heavy atom. The van der Waals surface area contributed by atoms with Crippen molar-refractivity contribution in [2.45, 2.75) is 104 Å². The van der Waals surface area contributed by atoms with Gasteiger partial charge in [0.1, 0.15) is 6.10 Å². The van der Waals surface area contributed by atoms with Crippen LogP contribution in [0, 0.1) is 41.4 Å². The van der Waals surface area contributed by atoms with Gasteiger partial charge in [-0.15, -0.1) is 0 Å². The van der Waals surface area contributed by atoms with E-state index in [1.165, 1.54) is 32.1 Å². The molecule has 0 unspecified atom stereocenters. The Balaban J connectivity index is 1.33. The van der Waals surface area contributed by atoms with Crippen LogP contribution < -0.4 is 0 Å². The van der Waals surface area contributed by atoms with Gasteiger partial charge in [0.15, 0.2) is 0 Å². The van der Waals surface area contributed by atoms with E-state index in [1.54, 1.807) is 0 Å². The van der Waals surface area contributed by atoms with E-state index in [0.717, 1.165) is 42.9 Å². The molecule has 3 nitrogen and oxygen atoms in total. The molecular formula is C24H40O3. The molecule has 27 heavy (non-hydrogen) atoms. The fourth-order valence-electron chi connectivity index (χ4n) is 7.01. The third kappa shape index (κ3) is 4.54. The predicted molar refractivity (Wildman–Crippen MR) is 107 cm³/mol.